The fourth-order valence-corrected chi connectivity index (χ4v) is 5.55. The van der Waals surface area contributed by atoms with E-state index in [1.165, 1.54) is 0 Å². The second-order valence-corrected chi connectivity index (χ2v) is 9.02. The summed E-state index contributed by atoms with van der Waals surface area (Å²) in [5, 5.41) is 21.4. The van der Waals surface area contributed by atoms with Crippen LogP contribution in [-0.4, -0.2) is 58.9 Å². The van der Waals surface area contributed by atoms with Crippen molar-refractivity contribution in [2.45, 2.75) is 57.1 Å². The maximum Gasteiger partial charge on any atom is 0.409 e. The van der Waals surface area contributed by atoms with Gasteiger partial charge in [0.1, 0.15) is 0 Å². The van der Waals surface area contributed by atoms with E-state index in [-0.39, 0.29) is 23.5 Å². The maximum atomic E-state index is 13.4. The second-order valence-electron chi connectivity index (χ2n) is 8.61. The van der Waals surface area contributed by atoms with E-state index in [0.717, 1.165) is 63.7 Å². The van der Waals surface area contributed by atoms with Crippen molar-refractivity contribution in [3.63, 3.8) is 0 Å². The molecular formula is C21H28ClN3O4. The summed E-state index contributed by atoms with van der Waals surface area (Å²) in [5.74, 6) is 0.254. The molecule has 4 rings (SSSR count). The Bertz CT molecular complexity index is 796. The average Bonchev–Trinajstić information content (AvgIpc) is 2.98. The van der Waals surface area contributed by atoms with Crippen LogP contribution >= 0.6 is 11.6 Å². The highest BCUT2D eigenvalue weighted by Gasteiger charge is 2.50. The summed E-state index contributed by atoms with van der Waals surface area (Å²) in [6, 6.07) is 5.40. The Hall–Kier alpha value is -1.99. The normalized spacial score (nSPS) is 30.1. The van der Waals surface area contributed by atoms with Gasteiger partial charge < -0.3 is 20.0 Å². The Labute approximate surface area is 175 Å². The predicted molar refractivity (Wildman–Crippen MR) is 112 cm³/mol. The maximum absolute atomic E-state index is 13.4. The minimum atomic E-state index is -1.13. The van der Waals surface area contributed by atoms with Crippen molar-refractivity contribution in [3.8, 4) is 0 Å². The van der Waals surface area contributed by atoms with Gasteiger partial charge >= 0.3 is 6.09 Å². The van der Waals surface area contributed by atoms with Gasteiger partial charge in [-0.25, -0.2) is 4.79 Å². The van der Waals surface area contributed by atoms with Crippen molar-refractivity contribution in [3.05, 3.63) is 23.2 Å². The number of hydrogen-bond donors (Lipinski definition) is 3. The van der Waals surface area contributed by atoms with E-state index >= 15 is 0 Å². The molecule has 3 aliphatic rings. The summed E-state index contributed by atoms with van der Waals surface area (Å²) >= 11 is 6.45. The Morgan fingerprint density at radius 2 is 1.93 bits per heavy atom. The van der Waals surface area contributed by atoms with Gasteiger partial charge in [0.15, 0.2) is 0 Å². The van der Waals surface area contributed by atoms with Gasteiger partial charge in [0.25, 0.3) is 0 Å². The Kier molecular flexibility index (Phi) is 5.62. The third-order valence-corrected chi connectivity index (χ3v) is 7.07. The zero-order valence-corrected chi connectivity index (χ0v) is 17.2. The number of carbonyl (C=O) groups is 2. The third-order valence-electron chi connectivity index (χ3n) is 6.77. The first-order valence-electron chi connectivity index (χ1n) is 10.4. The van der Waals surface area contributed by atoms with Gasteiger partial charge in [-0.1, -0.05) is 11.6 Å². The molecule has 2 aliphatic heterocycles. The molecule has 0 radical (unpaired) electrons. The SMILES string of the molecule is O=C(O)Nc1ccc(N2CCC[C@@]3(CCN([C@H]4CC[C@H](O)CC4)C3=O)C2)c(Cl)c1. The van der Waals surface area contributed by atoms with E-state index in [0.29, 0.717) is 17.3 Å². The first-order chi connectivity index (χ1) is 13.9. The van der Waals surface area contributed by atoms with E-state index in [2.05, 4.69) is 15.1 Å². The standard InChI is InChI=1S/C21H28ClN3O4/c22-17-12-14(23-20(28)29)2-7-18(17)24-10-1-8-21(13-24)9-11-25(19(21)27)15-3-5-16(26)6-4-15/h2,7,12,15-16,23,26H,1,3-6,8-11,13H2,(H,28,29)/t15-,16-,21-/m1/s1. The minimum Gasteiger partial charge on any atom is -0.465 e. The van der Waals surface area contributed by atoms with Gasteiger partial charge in [-0.05, 0) is 63.1 Å². The Morgan fingerprint density at radius 3 is 2.62 bits per heavy atom. The Morgan fingerprint density at radius 1 is 1.17 bits per heavy atom. The number of carboxylic acid groups (broad SMARTS) is 1. The molecule has 158 valence electrons. The number of rotatable bonds is 3. The number of nitrogens with zero attached hydrogens (tertiary/aromatic N) is 2. The van der Waals surface area contributed by atoms with Crippen LogP contribution in [0.5, 0.6) is 0 Å². The van der Waals surface area contributed by atoms with Crippen LogP contribution in [-0.2, 0) is 4.79 Å². The Balaban J connectivity index is 1.48. The largest absolute Gasteiger partial charge is 0.465 e. The highest BCUT2D eigenvalue weighted by Crippen LogP contribution is 2.44. The molecule has 2 amide bonds. The smallest absolute Gasteiger partial charge is 0.409 e. The van der Waals surface area contributed by atoms with Gasteiger partial charge in [0, 0.05) is 31.4 Å². The second kappa shape index (κ2) is 8.03. The van der Waals surface area contributed by atoms with E-state index in [1.807, 2.05) is 6.07 Å². The average molecular weight is 422 g/mol. The van der Waals surface area contributed by atoms with Crippen LogP contribution in [0.2, 0.25) is 5.02 Å². The van der Waals surface area contributed by atoms with E-state index < -0.39 is 6.09 Å². The molecule has 0 unspecified atom stereocenters. The van der Waals surface area contributed by atoms with E-state index in [1.54, 1.807) is 12.1 Å². The molecule has 0 aromatic heterocycles. The van der Waals surface area contributed by atoms with Crippen LogP contribution < -0.4 is 10.2 Å². The fraction of sp³-hybridized carbons (Fsp3) is 0.619. The summed E-state index contributed by atoms with van der Waals surface area (Å²) in [4.78, 5) is 28.5. The number of amides is 2. The number of anilines is 2. The summed E-state index contributed by atoms with van der Waals surface area (Å²) in [6.07, 6.45) is 4.66. The number of piperidine rings is 1. The van der Waals surface area contributed by atoms with Gasteiger partial charge in [-0.2, -0.15) is 0 Å². The zero-order chi connectivity index (χ0) is 20.6. The first-order valence-corrected chi connectivity index (χ1v) is 10.8. The van der Waals surface area contributed by atoms with Crippen LogP contribution in [0.25, 0.3) is 0 Å². The lowest BCUT2D eigenvalue weighted by atomic mass is 9.78. The van der Waals surface area contributed by atoms with E-state index in [4.69, 9.17) is 16.7 Å². The molecule has 3 fully saturated rings. The number of likely N-dealkylation sites (tertiary alicyclic amines) is 1. The molecule has 1 saturated carbocycles. The van der Waals surface area contributed by atoms with Gasteiger partial charge in [0.05, 0.1) is 22.2 Å². The van der Waals surface area contributed by atoms with Crippen molar-refractivity contribution in [2.24, 2.45) is 5.41 Å². The van der Waals surface area contributed by atoms with Crippen molar-refractivity contribution in [2.75, 3.05) is 29.9 Å². The number of carbonyl (C=O) groups excluding carboxylic acids is 1. The molecule has 1 aliphatic carbocycles. The fourth-order valence-electron chi connectivity index (χ4n) is 5.25. The lowest BCUT2D eigenvalue weighted by Gasteiger charge is -2.41. The van der Waals surface area contributed by atoms with Crippen LogP contribution in [0.3, 0.4) is 0 Å². The lowest BCUT2D eigenvalue weighted by Crippen LogP contribution is -2.50. The van der Waals surface area contributed by atoms with E-state index in [9.17, 15) is 14.7 Å². The van der Waals surface area contributed by atoms with Crippen LogP contribution in [0.15, 0.2) is 18.2 Å². The van der Waals surface area contributed by atoms with Crippen molar-refractivity contribution < 1.29 is 19.8 Å². The molecule has 1 aromatic carbocycles. The van der Waals surface area contributed by atoms with Crippen molar-refractivity contribution >= 4 is 35.0 Å². The number of aliphatic hydroxyl groups is 1. The van der Waals surface area contributed by atoms with Crippen LogP contribution in [0, 0.1) is 5.41 Å². The monoisotopic (exact) mass is 421 g/mol. The molecule has 8 heteroatoms. The zero-order valence-electron chi connectivity index (χ0n) is 16.4. The lowest BCUT2D eigenvalue weighted by molar-refractivity contribution is -0.139. The van der Waals surface area contributed by atoms with Gasteiger partial charge in [0.2, 0.25) is 5.91 Å². The van der Waals surface area contributed by atoms with Gasteiger partial charge in [-0.3, -0.25) is 10.1 Å². The minimum absolute atomic E-state index is 0.219. The summed E-state index contributed by atoms with van der Waals surface area (Å²) in [5.41, 5.74) is 0.907. The molecular weight excluding hydrogens is 394 g/mol. The molecule has 0 bridgehead atoms. The molecule has 3 N–H and O–H groups in total. The number of aliphatic hydroxyl groups excluding tert-OH is 1. The highest BCUT2D eigenvalue weighted by atomic mass is 35.5. The molecule has 2 saturated heterocycles. The molecule has 7 nitrogen and oxygen atoms in total. The number of hydrogen-bond acceptors (Lipinski definition) is 4. The molecule has 2 heterocycles. The van der Waals surface area contributed by atoms with Crippen LogP contribution in [0.1, 0.15) is 44.9 Å². The molecule has 1 atom stereocenters. The van der Waals surface area contributed by atoms with Crippen LogP contribution in [0.4, 0.5) is 16.2 Å². The molecule has 1 spiro atoms. The van der Waals surface area contributed by atoms with Gasteiger partial charge in [-0.15, -0.1) is 0 Å². The molecule has 29 heavy (non-hydrogen) atoms. The summed E-state index contributed by atoms with van der Waals surface area (Å²) in [7, 11) is 0. The molecule has 1 aromatic rings. The predicted octanol–water partition coefficient (Wildman–Crippen LogP) is 3.55. The van der Waals surface area contributed by atoms with Crippen molar-refractivity contribution in [1.29, 1.82) is 0 Å². The number of benzene rings is 1. The number of nitrogens with one attached hydrogen (secondary N) is 1. The highest BCUT2D eigenvalue weighted by molar-refractivity contribution is 6.33. The van der Waals surface area contributed by atoms with Crippen molar-refractivity contribution in [1.82, 2.24) is 4.90 Å². The third kappa shape index (κ3) is 4.03. The number of halogens is 1. The quantitative estimate of drug-likeness (QED) is 0.694. The topological polar surface area (TPSA) is 93.1 Å². The summed E-state index contributed by atoms with van der Waals surface area (Å²) in [6.45, 7) is 2.27. The first kappa shape index (κ1) is 20.3. The summed E-state index contributed by atoms with van der Waals surface area (Å²) < 4.78 is 0.